The molecule has 172 valence electrons. The van der Waals surface area contributed by atoms with Crippen molar-refractivity contribution < 1.29 is 24.7 Å². The van der Waals surface area contributed by atoms with Gasteiger partial charge in [-0.05, 0) is 30.6 Å². The maximum atomic E-state index is 12.8. The van der Waals surface area contributed by atoms with Crippen LogP contribution < -0.4 is 16.5 Å². The van der Waals surface area contributed by atoms with Gasteiger partial charge in [-0.2, -0.15) is 0 Å². The molecule has 1 amide bonds. The Hall–Kier alpha value is -2.21. The molecule has 0 saturated carbocycles. The Kier molecular flexibility index (Phi) is 12.2. The monoisotopic (exact) mass is 429 g/mol. The standard InChI is InChI=1S/C18H36BN5O6/c1-12(2)9-15(19(27)28)22-16(26)13(10-14(25)11-18(3,4)5)7-6-8-21-17(20)23-24(29)30/h12-13,15,27-28H,6-11H2,1-5H3,(H,22,26)(H3,20,21,23)/t13-,15+/m1/s1. The first-order valence-electron chi connectivity index (χ1n) is 10.1. The summed E-state index contributed by atoms with van der Waals surface area (Å²) in [6.07, 6.45) is 1.38. The number of nitrogens with zero attached hydrogens (tertiary/aromatic N) is 2. The van der Waals surface area contributed by atoms with Crippen molar-refractivity contribution in [3.63, 3.8) is 0 Å². The van der Waals surface area contributed by atoms with Gasteiger partial charge in [0.25, 0.3) is 5.96 Å². The fourth-order valence-corrected chi connectivity index (χ4v) is 2.99. The maximum Gasteiger partial charge on any atom is 0.475 e. The van der Waals surface area contributed by atoms with Gasteiger partial charge in [0.2, 0.25) is 5.91 Å². The molecule has 0 aromatic rings. The molecule has 30 heavy (non-hydrogen) atoms. The molecule has 0 rings (SSSR count). The summed E-state index contributed by atoms with van der Waals surface area (Å²) in [7, 11) is -1.71. The normalized spacial score (nSPS) is 14.2. The van der Waals surface area contributed by atoms with Gasteiger partial charge in [0, 0.05) is 25.3 Å². The first kappa shape index (κ1) is 27.8. The largest absolute Gasteiger partial charge is 0.475 e. The van der Waals surface area contributed by atoms with Gasteiger partial charge in [-0.25, -0.2) is 15.1 Å². The molecule has 12 heteroatoms. The molecule has 0 aliphatic heterocycles. The molecule has 0 aromatic carbocycles. The Labute approximate surface area is 178 Å². The number of rotatable bonds is 13. The van der Waals surface area contributed by atoms with Crippen molar-refractivity contribution in [3.05, 3.63) is 10.1 Å². The summed E-state index contributed by atoms with van der Waals surface area (Å²) in [4.78, 5) is 39.3. The smallest absolute Gasteiger partial charge is 0.426 e. The number of nitro groups is 1. The van der Waals surface area contributed by atoms with Gasteiger partial charge in [-0.1, -0.05) is 40.0 Å². The van der Waals surface area contributed by atoms with Crippen molar-refractivity contribution in [1.29, 1.82) is 0 Å². The Balaban J connectivity index is 5.10. The lowest BCUT2D eigenvalue weighted by molar-refractivity contribution is -0.525. The number of Topliss-reactive ketones (excluding diaryl/α,β-unsaturated/α-hetero) is 1. The Morgan fingerprint density at radius 2 is 1.87 bits per heavy atom. The molecule has 0 spiro atoms. The van der Waals surface area contributed by atoms with Crippen molar-refractivity contribution in [3.8, 4) is 0 Å². The van der Waals surface area contributed by atoms with Crippen LogP contribution in [0.2, 0.25) is 0 Å². The van der Waals surface area contributed by atoms with Gasteiger partial charge in [-0.15, -0.1) is 0 Å². The molecule has 0 heterocycles. The average molecular weight is 429 g/mol. The lowest BCUT2D eigenvalue weighted by Crippen LogP contribution is -2.49. The number of amides is 1. The molecule has 11 nitrogen and oxygen atoms in total. The molecule has 0 aliphatic rings. The summed E-state index contributed by atoms with van der Waals surface area (Å²) in [5.74, 6) is -2.22. The zero-order chi connectivity index (χ0) is 23.5. The lowest BCUT2D eigenvalue weighted by Gasteiger charge is -2.24. The van der Waals surface area contributed by atoms with E-state index in [1.54, 1.807) is 5.43 Å². The van der Waals surface area contributed by atoms with E-state index in [1.165, 1.54) is 0 Å². The minimum atomic E-state index is -1.71. The van der Waals surface area contributed by atoms with Gasteiger partial charge >= 0.3 is 7.12 Å². The van der Waals surface area contributed by atoms with Crippen molar-refractivity contribution in [1.82, 2.24) is 10.7 Å². The molecule has 0 radical (unpaired) electrons. The molecule has 0 saturated heterocycles. The molecule has 0 aliphatic carbocycles. The highest BCUT2D eigenvalue weighted by Crippen LogP contribution is 2.23. The quantitative estimate of drug-likeness (QED) is 0.0697. The second-order valence-electron chi connectivity index (χ2n) is 9.11. The minimum Gasteiger partial charge on any atom is -0.426 e. The number of hydrazine groups is 1. The predicted octanol–water partition coefficient (Wildman–Crippen LogP) is 0.417. The number of aliphatic imine (C=N–C) groups is 1. The molecular weight excluding hydrogens is 393 g/mol. The second-order valence-corrected chi connectivity index (χ2v) is 9.11. The Bertz CT molecular complexity index is 606. The highest BCUT2D eigenvalue weighted by atomic mass is 16.7. The summed E-state index contributed by atoms with van der Waals surface area (Å²) in [5.41, 5.74) is 6.87. The van der Waals surface area contributed by atoms with E-state index in [0.29, 0.717) is 25.7 Å². The van der Waals surface area contributed by atoms with Gasteiger partial charge in [0.15, 0.2) is 5.03 Å². The fourth-order valence-electron chi connectivity index (χ4n) is 2.99. The third-order valence-corrected chi connectivity index (χ3v) is 4.18. The molecule has 6 N–H and O–H groups in total. The van der Waals surface area contributed by atoms with E-state index in [2.05, 4.69) is 10.3 Å². The van der Waals surface area contributed by atoms with Crippen LogP contribution in [-0.2, 0) is 9.59 Å². The van der Waals surface area contributed by atoms with Crippen LogP contribution in [0.1, 0.15) is 66.7 Å². The van der Waals surface area contributed by atoms with E-state index in [9.17, 15) is 29.8 Å². The average Bonchev–Trinajstić information content (AvgIpc) is 2.53. The summed E-state index contributed by atoms with van der Waals surface area (Å²) in [6.45, 7) is 9.73. The van der Waals surface area contributed by atoms with Gasteiger partial charge in [0.05, 0.1) is 5.94 Å². The highest BCUT2D eigenvalue weighted by Gasteiger charge is 2.30. The van der Waals surface area contributed by atoms with Gasteiger partial charge < -0.3 is 21.1 Å². The number of guanidine groups is 1. The van der Waals surface area contributed by atoms with E-state index in [1.807, 2.05) is 34.6 Å². The summed E-state index contributed by atoms with van der Waals surface area (Å²) in [6, 6.07) is 0. The number of carbonyl (C=O) groups excluding carboxylic acids is 2. The highest BCUT2D eigenvalue weighted by molar-refractivity contribution is 6.43. The van der Waals surface area contributed by atoms with Crippen LogP contribution in [0.3, 0.4) is 0 Å². The van der Waals surface area contributed by atoms with Crippen LogP contribution >= 0.6 is 0 Å². The third-order valence-electron chi connectivity index (χ3n) is 4.18. The van der Waals surface area contributed by atoms with Gasteiger partial charge in [-0.3, -0.25) is 9.59 Å². The second kappa shape index (κ2) is 13.2. The Morgan fingerprint density at radius 1 is 1.27 bits per heavy atom. The van der Waals surface area contributed by atoms with Crippen LogP contribution in [0.5, 0.6) is 0 Å². The van der Waals surface area contributed by atoms with Crippen molar-refractivity contribution in [2.24, 2.45) is 28.0 Å². The first-order valence-corrected chi connectivity index (χ1v) is 10.1. The van der Waals surface area contributed by atoms with E-state index in [4.69, 9.17) is 5.73 Å². The molecule has 0 bridgehead atoms. The van der Waals surface area contributed by atoms with Crippen molar-refractivity contribution in [2.45, 2.75) is 72.7 Å². The number of ketones is 1. The summed E-state index contributed by atoms with van der Waals surface area (Å²) in [5, 5.41) is 31.2. The van der Waals surface area contributed by atoms with Crippen LogP contribution in [-0.4, -0.2) is 52.3 Å². The number of nitrogens with one attached hydrogen (secondary N) is 2. The zero-order valence-electron chi connectivity index (χ0n) is 18.6. The third kappa shape index (κ3) is 13.9. The van der Waals surface area contributed by atoms with Crippen LogP contribution in [0.25, 0.3) is 0 Å². The molecule has 2 atom stereocenters. The van der Waals surface area contributed by atoms with Gasteiger partial charge in [0.1, 0.15) is 5.78 Å². The first-order chi connectivity index (χ1) is 13.7. The number of hydrogen-bond donors (Lipinski definition) is 5. The Morgan fingerprint density at radius 3 is 2.33 bits per heavy atom. The molecule has 0 unspecified atom stereocenters. The van der Waals surface area contributed by atoms with Crippen molar-refractivity contribution in [2.75, 3.05) is 6.54 Å². The van der Waals surface area contributed by atoms with E-state index >= 15 is 0 Å². The summed E-state index contributed by atoms with van der Waals surface area (Å²) >= 11 is 0. The van der Waals surface area contributed by atoms with Crippen LogP contribution in [0, 0.1) is 27.4 Å². The SMILES string of the molecule is CC(C)C[C@H](NC(=O)[C@H](CCCN=C(N)N[N+](=O)[O-])CC(=O)CC(C)(C)C)B(O)O. The topological polar surface area (TPSA) is 180 Å². The predicted molar refractivity (Wildman–Crippen MR) is 115 cm³/mol. The summed E-state index contributed by atoms with van der Waals surface area (Å²) < 4.78 is 0. The minimum absolute atomic E-state index is 0.0192. The molecule has 0 fully saturated rings. The fraction of sp³-hybridized carbons (Fsp3) is 0.833. The zero-order valence-corrected chi connectivity index (χ0v) is 18.6. The molecular formula is C18H36BN5O6. The number of nitrogens with two attached hydrogens (primary N) is 1. The van der Waals surface area contributed by atoms with Crippen molar-refractivity contribution >= 4 is 24.8 Å². The maximum absolute atomic E-state index is 12.8. The molecule has 0 aromatic heterocycles. The van der Waals surface area contributed by atoms with E-state index < -0.39 is 29.9 Å². The van der Waals surface area contributed by atoms with E-state index in [-0.39, 0.29) is 36.0 Å². The van der Waals surface area contributed by atoms with Crippen LogP contribution in [0.15, 0.2) is 4.99 Å². The van der Waals surface area contributed by atoms with E-state index in [0.717, 1.165) is 0 Å². The lowest BCUT2D eigenvalue weighted by atomic mass is 9.74. The van der Waals surface area contributed by atoms with Crippen LogP contribution in [0.4, 0.5) is 0 Å². The number of hydrogen-bond acceptors (Lipinski definition) is 7. The number of carbonyl (C=O) groups is 2.